The summed E-state index contributed by atoms with van der Waals surface area (Å²) in [6.45, 7) is 8.58. The van der Waals surface area contributed by atoms with Crippen LogP contribution in [0.25, 0.3) is 0 Å². The first-order valence-electron chi connectivity index (χ1n) is 9.19. The van der Waals surface area contributed by atoms with E-state index in [-0.39, 0.29) is 18.0 Å². The number of aliphatic hydroxyl groups is 1. The van der Waals surface area contributed by atoms with Crippen molar-refractivity contribution < 1.29 is 14.6 Å². The van der Waals surface area contributed by atoms with Crippen molar-refractivity contribution in [3.05, 3.63) is 0 Å². The highest BCUT2D eigenvalue weighted by molar-refractivity contribution is 5.69. The molecule has 0 heterocycles. The fraction of sp³-hybridized carbons (Fsp3) is 0.947. The van der Waals surface area contributed by atoms with Gasteiger partial charge >= 0.3 is 5.97 Å². The van der Waals surface area contributed by atoms with Crippen molar-refractivity contribution in [1.29, 1.82) is 0 Å². The van der Waals surface area contributed by atoms with E-state index in [9.17, 15) is 9.90 Å². The quantitative estimate of drug-likeness (QED) is 0.373. The molecule has 1 unspecified atom stereocenters. The summed E-state index contributed by atoms with van der Waals surface area (Å²) >= 11 is 0. The van der Waals surface area contributed by atoms with Crippen LogP contribution in [0.2, 0.25) is 0 Å². The van der Waals surface area contributed by atoms with Gasteiger partial charge in [0.1, 0.15) is 6.61 Å². The van der Waals surface area contributed by atoms with Gasteiger partial charge in [0, 0.05) is 6.42 Å². The molecule has 1 atom stereocenters. The average molecular weight is 315 g/mol. The summed E-state index contributed by atoms with van der Waals surface area (Å²) in [5, 5.41) is 9.79. The molecular formula is C19H38O3. The third-order valence-corrected chi connectivity index (χ3v) is 3.77. The van der Waals surface area contributed by atoms with E-state index in [1.165, 1.54) is 44.9 Å². The van der Waals surface area contributed by atoms with Gasteiger partial charge < -0.3 is 9.84 Å². The molecule has 0 aliphatic carbocycles. The summed E-state index contributed by atoms with van der Waals surface area (Å²) in [5.74, 6) is -0.170. The van der Waals surface area contributed by atoms with E-state index in [4.69, 9.17) is 4.74 Å². The van der Waals surface area contributed by atoms with Crippen molar-refractivity contribution >= 4 is 5.97 Å². The Kier molecular flexibility index (Phi) is 12.6. The minimum atomic E-state index is -0.549. The number of carbonyl (C=O) groups is 1. The minimum Gasteiger partial charge on any atom is -0.463 e. The number of carbonyl (C=O) groups excluding carboxylic acids is 1. The Balaban J connectivity index is 3.39. The molecule has 0 saturated heterocycles. The molecule has 0 amide bonds. The molecule has 0 bridgehead atoms. The third kappa shape index (κ3) is 15.8. The fourth-order valence-electron chi connectivity index (χ4n) is 2.61. The molecule has 0 aliphatic heterocycles. The Morgan fingerprint density at radius 1 is 0.955 bits per heavy atom. The normalized spacial score (nSPS) is 13.1. The van der Waals surface area contributed by atoms with Crippen LogP contribution in [0, 0.1) is 5.41 Å². The Morgan fingerprint density at radius 2 is 1.45 bits per heavy atom. The minimum absolute atomic E-state index is 0.0585. The summed E-state index contributed by atoms with van der Waals surface area (Å²) in [6, 6.07) is 0. The van der Waals surface area contributed by atoms with E-state index in [0.717, 1.165) is 12.8 Å². The second kappa shape index (κ2) is 12.9. The van der Waals surface area contributed by atoms with Crippen LogP contribution in [0.15, 0.2) is 0 Å². The smallest absolute Gasteiger partial charge is 0.305 e. The van der Waals surface area contributed by atoms with E-state index in [2.05, 4.69) is 27.7 Å². The Labute approximate surface area is 137 Å². The molecule has 0 spiro atoms. The Hall–Kier alpha value is -0.570. The van der Waals surface area contributed by atoms with Gasteiger partial charge in [-0.05, 0) is 18.3 Å². The zero-order valence-electron chi connectivity index (χ0n) is 15.3. The molecule has 0 aromatic heterocycles. The summed E-state index contributed by atoms with van der Waals surface area (Å²) in [6.07, 6.45) is 11.8. The molecule has 0 rings (SSSR count). The molecule has 22 heavy (non-hydrogen) atoms. The first-order chi connectivity index (χ1) is 10.3. The van der Waals surface area contributed by atoms with Gasteiger partial charge in [-0.25, -0.2) is 0 Å². The topological polar surface area (TPSA) is 46.5 Å². The average Bonchev–Trinajstić information content (AvgIpc) is 2.41. The van der Waals surface area contributed by atoms with E-state index in [0.29, 0.717) is 12.8 Å². The maximum atomic E-state index is 11.6. The summed E-state index contributed by atoms with van der Waals surface area (Å²) in [7, 11) is 0. The predicted molar refractivity (Wildman–Crippen MR) is 92.9 cm³/mol. The van der Waals surface area contributed by atoms with Crippen LogP contribution in [0.4, 0.5) is 0 Å². The zero-order valence-corrected chi connectivity index (χ0v) is 15.3. The van der Waals surface area contributed by atoms with Crippen molar-refractivity contribution in [2.45, 2.75) is 104 Å². The van der Waals surface area contributed by atoms with Gasteiger partial charge in [0.2, 0.25) is 0 Å². The summed E-state index contributed by atoms with van der Waals surface area (Å²) < 4.78 is 5.13. The lowest BCUT2D eigenvalue weighted by Gasteiger charge is -2.22. The summed E-state index contributed by atoms with van der Waals surface area (Å²) in [4.78, 5) is 11.6. The van der Waals surface area contributed by atoms with Gasteiger partial charge in [-0.3, -0.25) is 4.79 Å². The van der Waals surface area contributed by atoms with Crippen LogP contribution in [-0.2, 0) is 9.53 Å². The number of rotatable bonds is 13. The van der Waals surface area contributed by atoms with Gasteiger partial charge in [0.05, 0.1) is 6.10 Å². The molecule has 1 N–H and O–H groups in total. The van der Waals surface area contributed by atoms with Crippen LogP contribution in [0.1, 0.15) is 98.3 Å². The SMILES string of the molecule is CCCCCCCCCCCC(=O)OCC(O)CC(C)(C)C. The molecule has 0 fully saturated rings. The molecule has 0 saturated carbocycles. The zero-order chi connectivity index (χ0) is 16.8. The van der Waals surface area contributed by atoms with Crippen LogP contribution < -0.4 is 0 Å². The van der Waals surface area contributed by atoms with Gasteiger partial charge in [0.15, 0.2) is 0 Å². The largest absolute Gasteiger partial charge is 0.463 e. The number of aliphatic hydroxyl groups excluding tert-OH is 1. The van der Waals surface area contributed by atoms with Gasteiger partial charge in [-0.1, -0.05) is 79.1 Å². The second-order valence-corrected chi connectivity index (χ2v) is 7.68. The maximum Gasteiger partial charge on any atom is 0.305 e. The molecular weight excluding hydrogens is 276 g/mol. The predicted octanol–water partition coefficient (Wildman–Crippen LogP) is 5.25. The highest BCUT2D eigenvalue weighted by Gasteiger charge is 2.17. The number of hydrogen-bond donors (Lipinski definition) is 1. The molecule has 0 aromatic carbocycles. The van der Waals surface area contributed by atoms with Crippen molar-refractivity contribution in [3.63, 3.8) is 0 Å². The Morgan fingerprint density at radius 3 is 1.95 bits per heavy atom. The number of esters is 1. The lowest BCUT2D eigenvalue weighted by molar-refractivity contribution is -0.147. The van der Waals surface area contributed by atoms with Gasteiger partial charge in [-0.2, -0.15) is 0 Å². The lowest BCUT2D eigenvalue weighted by atomic mass is 9.89. The van der Waals surface area contributed by atoms with Crippen molar-refractivity contribution in [2.24, 2.45) is 5.41 Å². The van der Waals surface area contributed by atoms with Crippen molar-refractivity contribution in [1.82, 2.24) is 0 Å². The molecule has 132 valence electrons. The number of ether oxygens (including phenoxy) is 1. The third-order valence-electron chi connectivity index (χ3n) is 3.77. The maximum absolute atomic E-state index is 11.6. The first-order valence-corrected chi connectivity index (χ1v) is 9.19. The number of hydrogen-bond acceptors (Lipinski definition) is 3. The van der Waals surface area contributed by atoms with E-state index in [1.54, 1.807) is 0 Å². The van der Waals surface area contributed by atoms with Crippen molar-refractivity contribution in [3.8, 4) is 0 Å². The van der Waals surface area contributed by atoms with E-state index < -0.39 is 6.10 Å². The lowest BCUT2D eigenvalue weighted by Crippen LogP contribution is -2.24. The van der Waals surface area contributed by atoms with Crippen LogP contribution in [0.5, 0.6) is 0 Å². The molecule has 3 heteroatoms. The molecule has 0 radical (unpaired) electrons. The standard InChI is InChI=1S/C19H38O3/c1-5-6-7-8-9-10-11-12-13-14-18(21)22-16-17(20)15-19(2,3)4/h17,20H,5-16H2,1-4H3. The molecule has 0 aliphatic rings. The fourth-order valence-corrected chi connectivity index (χ4v) is 2.61. The first kappa shape index (κ1) is 21.4. The van der Waals surface area contributed by atoms with Crippen LogP contribution in [0.3, 0.4) is 0 Å². The molecule has 0 aromatic rings. The van der Waals surface area contributed by atoms with Crippen LogP contribution in [-0.4, -0.2) is 23.8 Å². The monoisotopic (exact) mass is 314 g/mol. The van der Waals surface area contributed by atoms with Crippen LogP contribution >= 0.6 is 0 Å². The van der Waals surface area contributed by atoms with E-state index >= 15 is 0 Å². The van der Waals surface area contributed by atoms with E-state index in [1.807, 2.05) is 0 Å². The summed E-state index contributed by atoms with van der Waals surface area (Å²) in [5.41, 5.74) is 0.0585. The second-order valence-electron chi connectivity index (χ2n) is 7.68. The van der Waals surface area contributed by atoms with Gasteiger partial charge in [-0.15, -0.1) is 0 Å². The highest BCUT2D eigenvalue weighted by atomic mass is 16.5. The van der Waals surface area contributed by atoms with Crippen molar-refractivity contribution in [2.75, 3.05) is 6.61 Å². The van der Waals surface area contributed by atoms with Gasteiger partial charge in [0.25, 0.3) is 0 Å². The Bertz CT molecular complexity index is 268. The molecule has 3 nitrogen and oxygen atoms in total. The number of unbranched alkanes of at least 4 members (excludes halogenated alkanes) is 8. The highest BCUT2D eigenvalue weighted by Crippen LogP contribution is 2.20.